The molecule has 1 aliphatic heterocycles. The topological polar surface area (TPSA) is 36.7 Å². The van der Waals surface area contributed by atoms with E-state index in [0.29, 0.717) is 32.6 Å². The molecule has 8 heteroatoms. The van der Waals surface area contributed by atoms with E-state index in [1.807, 2.05) is 17.9 Å². The van der Waals surface area contributed by atoms with Crippen molar-refractivity contribution in [2.45, 2.75) is 19.5 Å². The zero-order chi connectivity index (χ0) is 15.7. The zero-order valence-corrected chi connectivity index (χ0v) is 12.3. The Hall–Kier alpha value is -1.83. The molecule has 1 aliphatic rings. The monoisotopic (exact) mass is 313 g/mol. The molecule has 1 fully saturated rings. The van der Waals surface area contributed by atoms with Crippen molar-refractivity contribution in [2.24, 2.45) is 0 Å². The van der Waals surface area contributed by atoms with Crippen LogP contribution in [0.3, 0.4) is 0 Å². The van der Waals surface area contributed by atoms with Crippen LogP contribution in [-0.2, 0) is 0 Å². The highest BCUT2D eigenvalue weighted by atomic mass is 19.4. The first kappa shape index (κ1) is 15.1. The number of halogens is 3. The first-order valence-electron chi connectivity index (χ1n) is 7.27. The van der Waals surface area contributed by atoms with Crippen LogP contribution >= 0.6 is 0 Å². The van der Waals surface area contributed by atoms with E-state index >= 15 is 0 Å². The number of rotatable bonds is 2. The number of alkyl halides is 3. The van der Waals surface area contributed by atoms with Crippen molar-refractivity contribution in [3.05, 3.63) is 24.2 Å². The van der Waals surface area contributed by atoms with Crippen LogP contribution in [0.15, 0.2) is 18.5 Å². The van der Waals surface area contributed by atoms with Crippen LogP contribution in [0.5, 0.6) is 0 Å². The molecule has 120 valence electrons. The molecular formula is C14H18F3N5. The largest absolute Gasteiger partial charge is 0.401 e. The molecule has 3 heterocycles. The number of anilines is 1. The minimum atomic E-state index is -4.14. The number of aryl methyl sites for hydroxylation is 1. The molecule has 2 aromatic rings. The van der Waals surface area contributed by atoms with Gasteiger partial charge in [-0.2, -0.15) is 18.3 Å². The lowest BCUT2D eigenvalue weighted by Crippen LogP contribution is -2.37. The van der Waals surface area contributed by atoms with Crippen LogP contribution in [-0.4, -0.2) is 58.4 Å². The summed E-state index contributed by atoms with van der Waals surface area (Å²) < 4.78 is 39.3. The average Bonchev–Trinajstić information content (AvgIpc) is 2.66. The van der Waals surface area contributed by atoms with Crippen molar-refractivity contribution in [1.82, 2.24) is 19.5 Å². The van der Waals surface area contributed by atoms with E-state index in [-0.39, 0.29) is 0 Å². The van der Waals surface area contributed by atoms with Crippen LogP contribution in [0.4, 0.5) is 19.0 Å². The molecule has 0 aromatic carbocycles. The van der Waals surface area contributed by atoms with Crippen LogP contribution in [0.25, 0.3) is 5.52 Å². The zero-order valence-electron chi connectivity index (χ0n) is 12.3. The van der Waals surface area contributed by atoms with Crippen molar-refractivity contribution in [3.63, 3.8) is 0 Å². The van der Waals surface area contributed by atoms with Crippen LogP contribution < -0.4 is 4.90 Å². The van der Waals surface area contributed by atoms with Crippen molar-refractivity contribution in [3.8, 4) is 0 Å². The predicted octanol–water partition coefficient (Wildman–Crippen LogP) is 2.11. The molecule has 0 N–H and O–H groups in total. The number of aromatic nitrogens is 3. The van der Waals surface area contributed by atoms with Crippen molar-refractivity contribution >= 4 is 11.3 Å². The van der Waals surface area contributed by atoms with E-state index in [1.165, 1.54) is 4.90 Å². The van der Waals surface area contributed by atoms with Crippen molar-refractivity contribution in [1.29, 1.82) is 0 Å². The molecule has 0 amide bonds. The number of hydrogen-bond donors (Lipinski definition) is 0. The SMILES string of the molecule is Cc1cc2c(N3CCCN(CC(F)(F)F)CC3)nccn2n1. The summed E-state index contributed by atoms with van der Waals surface area (Å²) in [6.45, 7) is 3.14. The summed E-state index contributed by atoms with van der Waals surface area (Å²) in [5.74, 6) is 0.789. The second kappa shape index (κ2) is 5.75. The maximum atomic E-state index is 12.5. The van der Waals surface area contributed by atoms with Gasteiger partial charge in [-0.25, -0.2) is 9.50 Å². The fourth-order valence-corrected chi connectivity index (χ4v) is 2.87. The fourth-order valence-electron chi connectivity index (χ4n) is 2.87. The maximum absolute atomic E-state index is 12.5. The third-order valence-corrected chi connectivity index (χ3v) is 3.78. The van der Waals surface area contributed by atoms with Crippen LogP contribution in [0.2, 0.25) is 0 Å². The Morgan fingerprint density at radius 1 is 1.18 bits per heavy atom. The molecule has 0 saturated carbocycles. The number of nitrogens with zero attached hydrogens (tertiary/aromatic N) is 5. The molecular weight excluding hydrogens is 295 g/mol. The van der Waals surface area contributed by atoms with Gasteiger partial charge in [-0.3, -0.25) is 4.90 Å². The molecule has 3 rings (SSSR count). The number of fused-ring (bicyclic) bond motifs is 1. The van der Waals surface area contributed by atoms with Gasteiger partial charge in [0.25, 0.3) is 0 Å². The summed E-state index contributed by atoms with van der Waals surface area (Å²) in [7, 11) is 0. The molecule has 0 aliphatic carbocycles. The van der Waals surface area contributed by atoms with E-state index < -0.39 is 12.7 Å². The molecule has 22 heavy (non-hydrogen) atoms. The molecule has 0 atom stereocenters. The lowest BCUT2D eigenvalue weighted by molar-refractivity contribution is -0.145. The average molecular weight is 313 g/mol. The van der Waals surface area contributed by atoms with E-state index in [4.69, 9.17) is 0 Å². The molecule has 5 nitrogen and oxygen atoms in total. The van der Waals surface area contributed by atoms with Gasteiger partial charge in [-0.05, 0) is 19.4 Å². The minimum absolute atomic E-state index is 0.384. The van der Waals surface area contributed by atoms with Gasteiger partial charge in [0.2, 0.25) is 0 Å². The smallest absolute Gasteiger partial charge is 0.353 e. The molecule has 2 aromatic heterocycles. The number of hydrogen-bond acceptors (Lipinski definition) is 4. The summed E-state index contributed by atoms with van der Waals surface area (Å²) in [5.41, 5.74) is 1.78. The molecule has 0 bridgehead atoms. The normalized spacial score (nSPS) is 17.9. The highest BCUT2D eigenvalue weighted by Crippen LogP contribution is 2.22. The highest BCUT2D eigenvalue weighted by molar-refractivity contribution is 5.69. The predicted molar refractivity (Wildman–Crippen MR) is 77.0 cm³/mol. The molecule has 0 radical (unpaired) electrons. The van der Waals surface area contributed by atoms with Gasteiger partial charge in [-0.15, -0.1) is 0 Å². The van der Waals surface area contributed by atoms with E-state index in [9.17, 15) is 13.2 Å². The van der Waals surface area contributed by atoms with E-state index in [1.54, 1.807) is 16.9 Å². The van der Waals surface area contributed by atoms with Gasteiger partial charge < -0.3 is 4.90 Å². The molecule has 0 spiro atoms. The van der Waals surface area contributed by atoms with Gasteiger partial charge in [-0.1, -0.05) is 0 Å². The Morgan fingerprint density at radius 3 is 2.77 bits per heavy atom. The quantitative estimate of drug-likeness (QED) is 0.851. The van der Waals surface area contributed by atoms with Gasteiger partial charge in [0.1, 0.15) is 5.52 Å². The van der Waals surface area contributed by atoms with Gasteiger partial charge >= 0.3 is 6.18 Å². The van der Waals surface area contributed by atoms with Crippen molar-refractivity contribution in [2.75, 3.05) is 37.6 Å². The summed E-state index contributed by atoms with van der Waals surface area (Å²) in [6.07, 6.45) is -0.00527. The Bertz CT molecular complexity index is 651. The Labute approximate surface area is 126 Å². The third kappa shape index (κ3) is 3.32. The summed E-state index contributed by atoms with van der Waals surface area (Å²) in [6, 6.07) is 1.95. The molecule has 0 unspecified atom stereocenters. The lowest BCUT2D eigenvalue weighted by Gasteiger charge is -2.23. The van der Waals surface area contributed by atoms with Crippen LogP contribution in [0.1, 0.15) is 12.1 Å². The summed E-state index contributed by atoms with van der Waals surface area (Å²) in [4.78, 5) is 7.92. The molecule has 1 saturated heterocycles. The maximum Gasteiger partial charge on any atom is 0.401 e. The van der Waals surface area contributed by atoms with Gasteiger partial charge in [0.05, 0.1) is 12.2 Å². The third-order valence-electron chi connectivity index (χ3n) is 3.78. The fraction of sp³-hybridized carbons (Fsp3) is 0.571. The van der Waals surface area contributed by atoms with E-state index in [0.717, 1.165) is 17.0 Å². The lowest BCUT2D eigenvalue weighted by atomic mass is 10.3. The second-order valence-corrected chi connectivity index (χ2v) is 5.60. The van der Waals surface area contributed by atoms with Crippen LogP contribution in [0, 0.1) is 6.92 Å². The highest BCUT2D eigenvalue weighted by Gasteiger charge is 2.31. The minimum Gasteiger partial charge on any atom is -0.353 e. The summed E-state index contributed by atoms with van der Waals surface area (Å²) >= 11 is 0. The Kier molecular flexibility index (Phi) is 3.94. The van der Waals surface area contributed by atoms with Gasteiger partial charge in [0.15, 0.2) is 5.82 Å². The first-order chi connectivity index (χ1) is 10.4. The van der Waals surface area contributed by atoms with E-state index in [2.05, 4.69) is 10.1 Å². The standard InChI is InChI=1S/C14H18F3N5/c1-11-9-12-13(18-3-6-22(12)19-11)21-5-2-4-20(7-8-21)10-14(15,16)17/h3,6,9H,2,4-5,7-8,10H2,1H3. The Morgan fingerprint density at radius 2 is 2.00 bits per heavy atom. The van der Waals surface area contributed by atoms with Gasteiger partial charge in [0, 0.05) is 38.6 Å². The first-order valence-corrected chi connectivity index (χ1v) is 7.27. The second-order valence-electron chi connectivity index (χ2n) is 5.60. The Balaban J connectivity index is 1.78. The summed E-state index contributed by atoms with van der Waals surface area (Å²) in [5, 5.41) is 4.35. The van der Waals surface area contributed by atoms with Crippen molar-refractivity contribution < 1.29 is 13.2 Å².